The van der Waals surface area contributed by atoms with E-state index in [0.717, 1.165) is 14.2 Å². The first-order valence-corrected chi connectivity index (χ1v) is 27.0. The Hall–Kier alpha value is -6.21. The summed E-state index contributed by atoms with van der Waals surface area (Å²) in [7, 11) is 4.75. The second kappa shape index (κ2) is 20.0. The first kappa shape index (κ1) is 57.0. The largest absolute Gasteiger partial charge is 0.494 e. The number of benzene rings is 2. The van der Waals surface area contributed by atoms with E-state index in [1.54, 1.807) is 55.2 Å². The Labute approximate surface area is 462 Å². The summed E-state index contributed by atoms with van der Waals surface area (Å²) < 4.78 is 57.4. The van der Waals surface area contributed by atoms with Gasteiger partial charge >= 0.3 is 23.9 Å². The minimum atomic E-state index is -2.77. The normalized spacial score (nSPS) is 30.4. The van der Waals surface area contributed by atoms with Crippen LogP contribution < -0.4 is 18.9 Å². The van der Waals surface area contributed by atoms with Crippen LogP contribution in [0.25, 0.3) is 0 Å². The number of amides is 1. The molecule has 23 nitrogen and oxygen atoms in total. The minimum Gasteiger partial charge on any atom is -0.494 e. The summed E-state index contributed by atoms with van der Waals surface area (Å²) in [6, 6.07) is 6.30. The SMILES string of the molecule is COC(=O)C[C@](O)(CCC(C)(C)O)C(=O)O[C@@]1(O)C(OC)=C[C@]23CC(C4CC[C@]56C=C(OC)[C@](O)(OC(=O)[C@@](O)(CCCC(C)(C)O)CC(=O)OC)[C@H]5c5cc7c(cc5CCN46)OCO7)C(=O)N2CCc2cc4c(cc2[C@H]13)OCO4. The minimum absolute atomic E-state index is 0.0155. The van der Waals surface area contributed by atoms with Crippen molar-refractivity contribution < 1.29 is 102 Å². The Morgan fingerprint density at radius 1 is 0.637 bits per heavy atom. The molecule has 0 radical (unpaired) electrons. The van der Waals surface area contributed by atoms with E-state index >= 15 is 4.79 Å². The molecule has 1 amide bonds. The summed E-state index contributed by atoms with van der Waals surface area (Å²) in [4.78, 5) is 74.8. The van der Waals surface area contributed by atoms with Crippen molar-refractivity contribution in [2.45, 2.75) is 168 Å². The number of fused-ring (bicyclic) bond motifs is 6. The number of carbonyl (C=O) groups excluding carboxylic acids is 5. The molecule has 2 unspecified atom stereocenters. The molecule has 436 valence electrons. The molecule has 23 heteroatoms. The van der Waals surface area contributed by atoms with E-state index in [2.05, 4.69) is 4.90 Å². The maximum absolute atomic E-state index is 15.9. The van der Waals surface area contributed by atoms with Gasteiger partial charge in [-0.3, -0.25) is 19.3 Å². The molecular formula is C57H72N2O21. The lowest BCUT2D eigenvalue weighted by Crippen LogP contribution is -2.57. The molecule has 10 atom stereocenters. The quantitative estimate of drug-likeness (QED) is 0.0710. The van der Waals surface area contributed by atoms with Gasteiger partial charge in [0.15, 0.2) is 45.7 Å². The second-order valence-corrected chi connectivity index (χ2v) is 23.9. The zero-order valence-corrected chi connectivity index (χ0v) is 46.3. The molecule has 2 aliphatic carbocycles. The number of aliphatic hydroxyl groups is 6. The van der Waals surface area contributed by atoms with E-state index in [1.807, 2.05) is 0 Å². The Morgan fingerprint density at radius 2 is 1.10 bits per heavy atom. The Kier molecular flexibility index (Phi) is 14.3. The van der Waals surface area contributed by atoms with Crippen molar-refractivity contribution >= 4 is 29.8 Å². The van der Waals surface area contributed by atoms with E-state index < -0.39 is 112 Å². The van der Waals surface area contributed by atoms with Gasteiger partial charge in [-0.15, -0.1) is 0 Å². The van der Waals surface area contributed by atoms with Crippen LogP contribution in [0, 0.1) is 5.92 Å². The van der Waals surface area contributed by atoms with Crippen molar-refractivity contribution in [3.63, 3.8) is 0 Å². The maximum Gasteiger partial charge on any atom is 0.341 e. The first-order chi connectivity index (χ1) is 37.6. The van der Waals surface area contributed by atoms with Gasteiger partial charge in [0.05, 0.1) is 81.3 Å². The third-order valence-electron chi connectivity index (χ3n) is 17.8. The van der Waals surface area contributed by atoms with Crippen LogP contribution in [0.2, 0.25) is 0 Å². The van der Waals surface area contributed by atoms with Crippen LogP contribution in [0.4, 0.5) is 0 Å². The summed E-state index contributed by atoms with van der Waals surface area (Å²) in [5, 5.41) is 72.2. The summed E-state index contributed by atoms with van der Waals surface area (Å²) in [6.45, 7) is 6.25. The number of carbonyl (C=O) groups is 5. The van der Waals surface area contributed by atoms with E-state index in [4.69, 9.17) is 47.4 Å². The Morgan fingerprint density at radius 3 is 1.59 bits per heavy atom. The topological polar surface area (TPSA) is 306 Å². The van der Waals surface area contributed by atoms with Crippen molar-refractivity contribution in [1.82, 2.24) is 9.80 Å². The zero-order valence-electron chi connectivity index (χ0n) is 46.3. The van der Waals surface area contributed by atoms with Crippen LogP contribution in [0.1, 0.15) is 126 Å². The van der Waals surface area contributed by atoms with Gasteiger partial charge in [-0.25, -0.2) is 9.59 Å². The van der Waals surface area contributed by atoms with Gasteiger partial charge in [0.2, 0.25) is 19.5 Å². The number of rotatable bonds is 18. The highest BCUT2D eigenvalue weighted by molar-refractivity contribution is 5.88. The second-order valence-electron chi connectivity index (χ2n) is 23.9. The zero-order chi connectivity index (χ0) is 57.8. The summed E-state index contributed by atoms with van der Waals surface area (Å²) in [5.41, 5.74) is -8.35. The average Bonchev–Trinajstić information content (AvgIpc) is 4.42. The standard InChI is InChI=1S/C57H72N2O21/c1-50(2,65)13-9-14-54(67,27-43(60)73-7)48(63)79-56(69)41(71-5)25-52-15-10-36(58(52)18-11-31-20-37-39(77-29-75-37)22-33(31)45(52)56)35-24-53-26-42(72-6)57(70,80-49(64)55(68,28-44(61)74-8)17-16-51(3,4)66)46(53)34-23-40-38(76-30-78-40)21-32(34)12-19-59(53)47(35)62/h20-23,25-26,35-36,45-46,65-70H,9-19,24,27-30H2,1-8H3/t35?,36?,45-,46-,52-,53-,54+,55+,56-,57-/m0/s1. The van der Waals surface area contributed by atoms with Gasteiger partial charge in [-0.05, 0) is 151 Å². The van der Waals surface area contributed by atoms with Gasteiger partial charge in [-0.2, -0.15) is 0 Å². The van der Waals surface area contributed by atoms with Crippen LogP contribution >= 0.6 is 0 Å². The van der Waals surface area contributed by atoms with Gasteiger partial charge in [0, 0.05) is 19.1 Å². The van der Waals surface area contributed by atoms with Crippen LogP contribution in [-0.4, -0.2) is 176 Å². The van der Waals surface area contributed by atoms with E-state index in [1.165, 1.54) is 28.1 Å². The highest BCUT2D eigenvalue weighted by atomic mass is 16.7. The Bertz CT molecular complexity index is 2930. The lowest BCUT2D eigenvalue weighted by atomic mass is 9.74. The number of hydrogen-bond donors (Lipinski definition) is 6. The monoisotopic (exact) mass is 1120 g/mol. The fraction of sp³-hybridized carbons (Fsp3) is 0.632. The first-order valence-electron chi connectivity index (χ1n) is 27.0. The van der Waals surface area contributed by atoms with Crippen molar-refractivity contribution in [3.05, 3.63) is 70.2 Å². The third kappa shape index (κ3) is 9.38. The molecule has 0 saturated carbocycles. The average molecular weight is 1120 g/mol. The van der Waals surface area contributed by atoms with Crippen LogP contribution in [0.5, 0.6) is 23.0 Å². The lowest BCUT2D eigenvalue weighted by molar-refractivity contribution is -0.234. The molecule has 0 aromatic heterocycles. The van der Waals surface area contributed by atoms with Crippen molar-refractivity contribution in [2.75, 3.05) is 55.1 Å². The Balaban J connectivity index is 1.06. The lowest BCUT2D eigenvalue weighted by Gasteiger charge is -2.44. The highest BCUT2D eigenvalue weighted by Gasteiger charge is 2.73. The molecular weight excluding hydrogens is 1050 g/mol. The highest BCUT2D eigenvalue weighted by Crippen LogP contribution is 2.65. The molecule has 6 heterocycles. The van der Waals surface area contributed by atoms with Gasteiger partial charge in [0.25, 0.3) is 11.6 Å². The molecule has 0 bridgehead atoms. The van der Waals surface area contributed by atoms with Crippen LogP contribution in [0.3, 0.4) is 0 Å². The summed E-state index contributed by atoms with van der Waals surface area (Å²) in [5.74, 6) is -12.8. The molecule has 2 spiro atoms. The smallest absolute Gasteiger partial charge is 0.341 e. The number of nitrogens with zero attached hydrogens (tertiary/aromatic N) is 2. The van der Waals surface area contributed by atoms with E-state index in [-0.39, 0.29) is 89.0 Å². The maximum atomic E-state index is 15.9. The third-order valence-corrected chi connectivity index (χ3v) is 17.8. The number of hydrogen-bond acceptors (Lipinski definition) is 22. The van der Waals surface area contributed by atoms with E-state index in [9.17, 15) is 49.8 Å². The molecule has 2 aromatic carbocycles. The number of methoxy groups -OCH3 is 4. The summed E-state index contributed by atoms with van der Waals surface area (Å²) in [6.07, 6.45) is 1.85. The molecule has 2 saturated heterocycles. The van der Waals surface area contributed by atoms with E-state index in [0.29, 0.717) is 58.1 Å². The molecule has 6 N–H and O–H groups in total. The molecule has 2 fully saturated rings. The fourth-order valence-electron chi connectivity index (χ4n) is 14.0. The number of ether oxygens (including phenoxy) is 10. The molecule has 80 heavy (non-hydrogen) atoms. The molecule has 8 aliphatic rings. The summed E-state index contributed by atoms with van der Waals surface area (Å²) >= 11 is 0. The van der Waals surface area contributed by atoms with Gasteiger partial charge in [0.1, 0.15) is 0 Å². The van der Waals surface area contributed by atoms with Crippen molar-refractivity contribution in [1.29, 1.82) is 0 Å². The predicted octanol–water partition coefficient (Wildman–Crippen LogP) is 2.55. The fourth-order valence-corrected chi connectivity index (χ4v) is 14.0. The van der Waals surface area contributed by atoms with Crippen LogP contribution in [0.15, 0.2) is 47.9 Å². The van der Waals surface area contributed by atoms with Crippen molar-refractivity contribution in [3.8, 4) is 23.0 Å². The van der Waals surface area contributed by atoms with Gasteiger partial charge < -0.3 is 82.9 Å². The molecule has 2 aromatic rings. The molecule has 10 rings (SSSR count). The van der Waals surface area contributed by atoms with Crippen molar-refractivity contribution in [2.24, 2.45) is 5.92 Å². The van der Waals surface area contributed by atoms with Gasteiger partial charge in [-0.1, -0.05) is 0 Å². The number of esters is 4. The molecule has 6 aliphatic heterocycles. The predicted molar refractivity (Wildman–Crippen MR) is 274 cm³/mol. The van der Waals surface area contributed by atoms with Crippen LogP contribution in [-0.2, 0) is 65.2 Å².